The maximum absolute atomic E-state index is 5.45. The van der Waals surface area contributed by atoms with Gasteiger partial charge in [-0.05, 0) is 28.1 Å². The van der Waals surface area contributed by atoms with Gasteiger partial charge in [-0.1, -0.05) is 19.1 Å². The quantitative estimate of drug-likeness (QED) is 0.825. The summed E-state index contributed by atoms with van der Waals surface area (Å²) in [5.41, 5.74) is 0.930. The third kappa shape index (κ3) is 1.70. The van der Waals surface area contributed by atoms with Crippen LogP contribution < -0.4 is 0 Å². The van der Waals surface area contributed by atoms with Crippen molar-refractivity contribution in [1.82, 2.24) is 10.2 Å². The minimum atomic E-state index is 0.564. The first-order valence-electron chi connectivity index (χ1n) is 4.38. The van der Waals surface area contributed by atoms with E-state index in [4.69, 9.17) is 4.42 Å². The molecule has 0 radical (unpaired) electrons. The molecular weight excluding hydrogens is 244 g/mol. The van der Waals surface area contributed by atoms with Gasteiger partial charge in [0.05, 0.1) is 5.56 Å². The lowest BCUT2D eigenvalue weighted by atomic mass is 10.2. The number of benzene rings is 1. The largest absolute Gasteiger partial charge is 0.421 e. The van der Waals surface area contributed by atoms with Crippen LogP contribution in [0.4, 0.5) is 0 Å². The second-order valence-electron chi connectivity index (χ2n) is 2.83. The lowest BCUT2D eigenvalue weighted by Crippen LogP contribution is -1.78. The number of hydrogen-bond acceptors (Lipinski definition) is 3. The van der Waals surface area contributed by atoms with Gasteiger partial charge in [0.2, 0.25) is 11.8 Å². The molecule has 1 aromatic heterocycles. The van der Waals surface area contributed by atoms with Crippen molar-refractivity contribution in [1.29, 1.82) is 0 Å². The standard InChI is InChI=1S/C10H9BrN2O/c1-2-9-12-13-10(14-9)7-5-3-4-6-8(7)11/h3-6H,2H2,1H3. The van der Waals surface area contributed by atoms with Gasteiger partial charge in [0, 0.05) is 10.9 Å². The second-order valence-corrected chi connectivity index (χ2v) is 3.69. The Morgan fingerprint density at radius 3 is 2.71 bits per heavy atom. The molecule has 0 spiro atoms. The maximum atomic E-state index is 5.45. The molecule has 0 saturated heterocycles. The van der Waals surface area contributed by atoms with Crippen molar-refractivity contribution < 1.29 is 4.42 Å². The molecule has 0 unspecified atom stereocenters. The van der Waals surface area contributed by atoms with Gasteiger partial charge in [0.1, 0.15) is 0 Å². The van der Waals surface area contributed by atoms with E-state index in [9.17, 15) is 0 Å². The fraction of sp³-hybridized carbons (Fsp3) is 0.200. The molecule has 0 amide bonds. The van der Waals surface area contributed by atoms with Gasteiger partial charge in [0.15, 0.2) is 0 Å². The van der Waals surface area contributed by atoms with Crippen molar-refractivity contribution in [3.63, 3.8) is 0 Å². The molecule has 0 fully saturated rings. The number of halogens is 1. The first-order chi connectivity index (χ1) is 6.81. The van der Waals surface area contributed by atoms with Crippen LogP contribution in [-0.2, 0) is 6.42 Å². The predicted octanol–water partition coefficient (Wildman–Crippen LogP) is 3.06. The SMILES string of the molecule is CCc1nnc(-c2ccccc2Br)o1. The van der Waals surface area contributed by atoms with E-state index in [0.717, 1.165) is 16.5 Å². The summed E-state index contributed by atoms with van der Waals surface area (Å²) in [5, 5.41) is 7.89. The molecule has 1 aromatic carbocycles. The predicted molar refractivity (Wildman–Crippen MR) is 56.8 cm³/mol. The Bertz CT molecular complexity index is 439. The second kappa shape index (κ2) is 3.92. The number of aryl methyl sites for hydroxylation is 1. The lowest BCUT2D eigenvalue weighted by Gasteiger charge is -1.96. The molecule has 0 aliphatic rings. The molecule has 0 atom stereocenters. The summed E-state index contributed by atoms with van der Waals surface area (Å²) in [6.07, 6.45) is 0.761. The molecule has 3 nitrogen and oxygen atoms in total. The summed E-state index contributed by atoms with van der Waals surface area (Å²) in [6, 6.07) is 7.78. The Morgan fingerprint density at radius 2 is 2.07 bits per heavy atom. The van der Waals surface area contributed by atoms with Crippen LogP contribution in [0.1, 0.15) is 12.8 Å². The van der Waals surface area contributed by atoms with Crippen LogP contribution in [0, 0.1) is 0 Å². The first kappa shape index (κ1) is 9.40. The van der Waals surface area contributed by atoms with E-state index in [0.29, 0.717) is 11.8 Å². The zero-order chi connectivity index (χ0) is 9.97. The van der Waals surface area contributed by atoms with Gasteiger partial charge in [-0.3, -0.25) is 0 Å². The molecule has 2 rings (SSSR count). The van der Waals surface area contributed by atoms with Crippen LogP contribution in [0.5, 0.6) is 0 Å². The van der Waals surface area contributed by atoms with Gasteiger partial charge < -0.3 is 4.42 Å². The molecule has 14 heavy (non-hydrogen) atoms. The molecule has 0 N–H and O–H groups in total. The normalized spacial score (nSPS) is 10.4. The molecular formula is C10H9BrN2O. The summed E-state index contributed by atoms with van der Waals surface area (Å²) in [5.74, 6) is 1.23. The molecule has 1 heterocycles. The third-order valence-electron chi connectivity index (χ3n) is 1.87. The van der Waals surface area contributed by atoms with Crippen molar-refractivity contribution in [2.75, 3.05) is 0 Å². The Balaban J connectivity index is 2.44. The highest BCUT2D eigenvalue weighted by atomic mass is 79.9. The van der Waals surface area contributed by atoms with Crippen LogP contribution in [0.15, 0.2) is 33.2 Å². The van der Waals surface area contributed by atoms with Crippen molar-refractivity contribution in [2.45, 2.75) is 13.3 Å². The summed E-state index contributed by atoms with van der Waals surface area (Å²) in [6.45, 7) is 1.98. The Labute approximate surface area is 90.3 Å². The van der Waals surface area contributed by atoms with Crippen LogP contribution in [0.25, 0.3) is 11.5 Å². The van der Waals surface area contributed by atoms with E-state index in [2.05, 4.69) is 26.1 Å². The highest BCUT2D eigenvalue weighted by Crippen LogP contribution is 2.26. The molecule has 0 saturated carbocycles. The van der Waals surface area contributed by atoms with Crippen molar-refractivity contribution >= 4 is 15.9 Å². The third-order valence-corrected chi connectivity index (χ3v) is 2.57. The van der Waals surface area contributed by atoms with Gasteiger partial charge in [-0.15, -0.1) is 10.2 Å². The smallest absolute Gasteiger partial charge is 0.248 e. The Morgan fingerprint density at radius 1 is 1.29 bits per heavy atom. The van der Waals surface area contributed by atoms with E-state index in [1.54, 1.807) is 0 Å². The van der Waals surface area contributed by atoms with Crippen LogP contribution >= 0.6 is 15.9 Å². The summed E-state index contributed by atoms with van der Waals surface area (Å²) >= 11 is 3.44. The van der Waals surface area contributed by atoms with E-state index < -0.39 is 0 Å². The lowest BCUT2D eigenvalue weighted by molar-refractivity contribution is 0.512. The van der Waals surface area contributed by atoms with Gasteiger partial charge in [0.25, 0.3) is 0 Å². The van der Waals surface area contributed by atoms with Crippen LogP contribution in [-0.4, -0.2) is 10.2 Å². The summed E-state index contributed by atoms with van der Waals surface area (Å²) < 4.78 is 6.41. The molecule has 0 bridgehead atoms. The van der Waals surface area contributed by atoms with Crippen LogP contribution in [0.2, 0.25) is 0 Å². The van der Waals surface area contributed by atoms with Gasteiger partial charge in [-0.25, -0.2) is 0 Å². The fourth-order valence-corrected chi connectivity index (χ4v) is 1.59. The van der Waals surface area contributed by atoms with Crippen molar-refractivity contribution in [3.05, 3.63) is 34.6 Å². The van der Waals surface area contributed by atoms with Crippen molar-refractivity contribution in [3.8, 4) is 11.5 Å². The van der Waals surface area contributed by atoms with E-state index in [1.165, 1.54) is 0 Å². The molecule has 4 heteroatoms. The molecule has 2 aromatic rings. The molecule has 0 aliphatic carbocycles. The van der Waals surface area contributed by atoms with E-state index in [-0.39, 0.29) is 0 Å². The number of aromatic nitrogens is 2. The maximum Gasteiger partial charge on any atom is 0.248 e. The van der Waals surface area contributed by atoms with Crippen LogP contribution in [0.3, 0.4) is 0 Å². The average Bonchev–Trinajstić information content (AvgIpc) is 2.67. The molecule has 72 valence electrons. The zero-order valence-electron chi connectivity index (χ0n) is 7.70. The monoisotopic (exact) mass is 252 g/mol. The molecule has 0 aliphatic heterocycles. The van der Waals surface area contributed by atoms with Gasteiger partial charge >= 0.3 is 0 Å². The number of nitrogens with zero attached hydrogens (tertiary/aromatic N) is 2. The van der Waals surface area contributed by atoms with Gasteiger partial charge in [-0.2, -0.15) is 0 Å². The number of hydrogen-bond donors (Lipinski definition) is 0. The highest BCUT2D eigenvalue weighted by Gasteiger charge is 2.09. The minimum absolute atomic E-state index is 0.564. The summed E-state index contributed by atoms with van der Waals surface area (Å²) in [4.78, 5) is 0. The van der Waals surface area contributed by atoms with E-state index >= 15 is 0 Å². The zero-order valence-corrected chi connectivity index (χ0v) is 9.28. The highest BCUT2D eigenvalue weighted by molar-refractivity contribution is 9.10. The summed E-state index contributed by atoms with van der Waals surface area (Å²) in [7, 11) is 0. The number of rotatable bonds is 2. The minimum Gasteiger partial charge on any atom is -0.421 e. The average molecular weight is 253 g/mol. The van der Waals surface area contributed by atoms with E-state index in [1.807, 2.05) is 31.2 Å². The fourth-order valence-electron chi connectivity index (χ4n) is 1.14. The Kier molecular flexibility index (Phi) is 2.63. The van der Waals surface area contributed by atoms with Crippen molar-refractivity contribution in [2.24, 2.45) is 0 Å². The topological polar surface area (TPSA) is 38.9 Å². The Hall–Kier alpha value is -1.16. The first-order valence-corrected chi connectivity index (χ1v) is 5.18.